The molecule has 0 aromatic heterocycles. The van der Waals surface area contributed by atoms with Crippen molar-refractivity contribution < 1.29 is 14.7 Å². The van der Waals surface area contributed by atoms with Crippen molar-refractivity contribution >= 4 is 11.8 Å². The van der Waals surface area contributed by atoms with E-state index in [0.717, 1.165) is 0 Å². The summed E-state index contributed by atoms with van der Waals surface area (Å²) in [5, 5.41) is 11.7. The number of nitrogens with one attached hydrogen (secondary N) is 1. The first kappa shape index (κ1) is 15.2. The topological polar surface area (TPSA) is 69.6 Å². The largest absolute Gasteiger partial charge is 0.394 e. The Balaban J connectivity index is 2.62. The smallest absolute Gasteiger partial charge is 0.251 e. The maximum Gasteiger partial charge on any atom is 0.251 e. The molecule has 0 bridgehead atoms. The summed E-state index contributed by atoms with van der Waals surface area (Å²) >= 11 is 0. The number of carbonyl (C=O) groups is 2. The highest BCUT2D eigenvalue weighted by atomic mass is 16.3. The summed E-state index contributed by atoms with van der Waals surface area (Å²) in [6.45, 7) is 3.26. The van der Waals surface area contributed by atoms with E-state index in [1.165, 1.54) is 4.90 Å². The molecule has 2 amide bonds. The molecule has 104 valence electrons. The molecule has 1 aromatic rings. The van der Waals surface area contributed by atoms with Crippen molar-refractivity contribution in [2.45, 2.75) is 25.9 Å². The second kappa shape index (κ2) is 6.89. The van der Waals surface area contributed by atoms with E-state index in [0.29, 0.717) is 5.56 Å². The predicted molar refractivity (Wildman–Crippen MR) is 72.7 cm³/mol. The second-order valence-electron chi connectivity index (χ2n) is 4.54. The van der Waals surface area contributed by atoms with E-state index in [1.54, 1.807) is 45.2 Å². The molecular weight excluding hydrogens is 244 g/mol. The molecule has 2 atom stereocenters. The number of aliphatic hydroxyl groups is 1. The highest BCUT2D eigenvalue weighted by Gasteiger charge is 2.22. The summed E-state index contributed by atoms with van der Waals surface area (Å²) in [6.07, 6.45) is 0. The molecule has 0 aliphatic carbocycles. The van der Waals surface area contributed by atoms with Crippen LogP contribution in [0.1, 0.15) is 24.2 Å². The average molecular weight is 264 g/mol. The summed E-state index contributed by atoms with van der Waals surface area (Å²) in [5.41, 5.74) is 0.514. The Morgan fingerprint density at radius 1 is 1.26 bits per heavy atom. The molecule has 0 radical (unpaired) electrons. The molecule has 0 heterocycles. The van der Waals surface area contributed by atoms with Crippen molar-refractivity contribution in [3.8, 4) is 0 Å². The van der Waals surface area contributed by atoms with E-state index in [9.17, 15) is 9.59 Å². The van der Waals surface area contributed by atoms with Crippen molar-refractivity contribution in [2.75, 3.05) is 13.7 Å². The lowest BCUT2D eigenvalue weighted by atomic mass is 10.2. The molecule has 0 fully saturated rings. The lowest BCUT2D eigenvalue weighted by Gasteiger charge is -2.26. The first-order valence-corrected chi connectivity index (χ1v) is 6.20. The molecule has 19 heavy (non-hydrogen) atoms. The SMILES string of the molecule is CC(NC(=O)c1ccccc1)C(=O)N(C)C(C)CO. The number of hydrogen-bond donors (Lipinski definition) is 2. The zero-order chi connectivity index (χ0) is 14.4. The van der Waals surface area contributed by atoms with Gasteiger partial charge in [-0.1, -0.05) is 18.2 Å². The van der Waals surface area contributed by atoms with Crippen molar-refractivity contribution in [2.24, 2.45) is 0 Å². The maximum atomic E-state index is 12.0. The van der Waals surface area contributed by atoms with Gasteiger partial charge in [0.25, 0.3) is 5.91 Å². The lowest BCUT2D eigenvalue weighted by Crippen LogP contribution is -2.49. The summed E-state index contributed by atoms with van der Waals surface area (Å²) in [5.74, 6) is -0.516. The van der Waals surface area contributed by atoms with Gasteiger partial charge >= 0.3 is 0 Å². The summed E-state index contributed by atoms with van der Waals surface area (Å²) in [7, 11) is 1.61. The number of nitrogens with zero attached hydrogens (tertiary/aromatic N) is 1. The molecule has 0 aliphatic rings. The zero-order valence-corrected chi connectivity index (χ0v) is 11.5. The highest BCUT2D eigenvalue weighted by Crippen LogP contribution is 2.02. The van der Waals surface area contributed by atoms with Crippen LogP contribution in [0.5, 0.6) is 0 Å². The Hall–Kier alpha value is -1.88. The minimum Gasteiger partial charge on any atom is -0.394 e. The van der Waals surface area contributed by atoms with E-state index in [1.807, 2.05) is 6.07 Å². The van der Waals surface area contributed by atoms with E-state index >= 15 is 0 Å². The molecule has 5 nitrogen and oxygen atoms in total. The molecule has 0 saturated heterocycles. The number of hydrogen-bond acceptors (Lipinski definition) is 3. The average Bonchev–Trinajstić information content (AvgIpc) is 2.45. The molecule has 2 N–H and O–H groups in total. The van der Waals surface area contributed by atoms with Crippen molar-refractivity contribution in [3.63, 3.8) is 0 Å². The number of amides is 2. The highest BCUT2D eigenvalue weighted by molar-refractivity contribution is 5.97. The number of benzene rings is 1. The number of rotatable bonds is 5. The minimum atomic E-state index is -0.633. The van der Waals surface area contributed by atoms with Gasteiger partial charge in [-0.2, -0.15) is 0 Å². The van der Waals surface area contributed by atoms with Crippen LogP contribution in [0, 0.1) is 0 Å². The molecule has 1 aromatic carbocycles. The van der Waals surface area contributed by atoms with Gasteiger partial charge in [-0.05, 0) is 26.0 Å². The van der Waals surface area contributed by atoms with Gasteiger partial charge in [-0.15, -0.1) is 0 Å². The number of carbonyl (C=O) groups excluding carboxylic acids is 2. The van der Waals surface area contributed by atoms with Crippen molar-refractivity contribution in [1.82, 2.24) is 10.2 Å². The van der Waals surface area contributed by atoms with Crippen LogP contribution in [0.15, 0.2) is 30.3 Å². The maximum absolute atomic E-state index is 12.0. The van der Waals surface area contributed by atoms with Crippen LogP contribution in [0.4, 0.5) is 0 Å². The van der Waals surface area contributed by atoms with Crippen LogP contribution in [-0.4, -0.2) is 47.6 Å². The fourth-order valence-corrected chi connectivity index (χ4v) is 1.58. The van der Waals surface area contributed by atoms with Crippen LogP contribution in [0.2, 0.25) is 0 Å². The fraction of sp³-hybridized carbons (Fsp3) is 0.429. The fourth-order valence-electron chi connectivity index (χ4n) is 1.58. The molecule has 1 rings (SSSR count). The number of likely N-dealkylation sites (N-methyl/N-ethyl adjacent to an activating group) is 1. The van der Waals surface area contributed by atoms with Crippen LogP contribution >= 0.6 is 0 Å². The van der Waals surface area contributed by atoms with Crippen LogP contribution in [0.3, 0.4) is 0 Å². The Bertz CT molecular complexity index is 434. The van der Waals surface area contributed by atoms with Gasteiger partial charge in [-0.3, -0.25) is 9.59 Å². The van der Waals surface area contributed by atoms with E-state index in [-0.39, 0.29) is 24.5 Å². The molecule has 0 saturated carbocycles. The van der Waals surface area contributed by atoms with E-state index in [4.69, 9.17) is 5.11 Å². The Kier molecular flexibility index (Phi) is 5.51. The van der Waals surface area contributed by atoms with Crippen LogP contribution in [0.25, 0.3) is 0 Å². The van der Waals surface area contributed by atoms with Crippen molar-refractivity contribution in [1.29, 1.82) is 0 Å². The summed E-state index contributed by atoms with van der Waals surface area (Å²) in [6, 6.07) is 7.82. The Labute approximate surface area is 113 Å². The lowest BCUT2D eigenvalue weighted by molar-refractivity contribution is -0.134. The molecule has 0 aliphatic heterocycles. The van der Waals surface area contributed by atoms with Gasteiger partial charge in [0, 0.05) is 12.6 Å². The van der Waals surface area contributed by atoms with Gasteiger partial charge in [0.15, 0.2) is 0 Å². The monoisotopic (exact) mass is 264 g/mol. The molecule has 0 spiro atoms. The third kappa shape index (κ3) is 4.06. The Morgan fingerprint density at radius 2 is 1.84 bits per heavy atom. The van der Waals surface area contributed by atoms with E-state index in [2.05, 4.69) is 5.32 Å². The third-order valence-electron chi connectivity index (χ3n) is 3.03. The van der Waals surface area contributed by atoms with E-state index < -0.39 is 6.04 Å². The minimum absolute atomic E-state index is 0.110. The van der Waals surface area contributed by atoms with Crippen molar-refractivity contribution in [3.05, 3.63) is 35.9 Å². The third-order valence-corrected chi connectivity index (χ3v) is 3.03. The standard InChI is InChI=1S/C14H20N2O3/c1-10(9-17)16(3)14(19)11(2)15-13(18)12-7-5-4-6-8-12/h4-8,10-11,17H,9H2,1-3H3,(H,15,18). The van der Waals surface area contributed by atoms with Crippen LogP contribution < -0.4 is 5.32 Å². The second-order valence-corrected chi connectivity index (χ2v) is 4.54. The van der Waals surface area contributed by atoms with Crippen LogP contribution in [-0.2, 0) is 4.79 Å². The normalized spacial score (nSPS) is 13.5. The van der Waals surface area contributed by atoms with Gasteiger partial charge in [0.1, 0.15) is 6.04 Å². The Morgan fingerprint density at radius 3 is 2.37 bits per heavy atom. The first-order valence-electron chi connectivity index (χ1n) is 6.20. The van der Waals surface area contributed by atoms with Gasteiger partial charge in [0.05, 0.1) is 12.6 Å². The summed E-state index contributed by atoms with van der Waals surface area (Å²) < 4.78 is 0. The molecule has 2 unspecified atom stereocenters. The molecule has 5 heteroatoms. The number of aliphatic hydroxyl groups excluding tert-OH is 1. The van der Waals surface area contributed by atoms with Gasteiger partial charge in [0.2, 0.25) is 5.91 Å². The zero-order valence-electron chi connectivity index (χ0n) is 11.5. The predicted octanol–water partition coefficient (Wildman–Crippen LogP) is 0.644. The van der Waals surface area contributed by atoms with Gasteiger partial charge in [-0.25, -0.2) is 0 Å². The summed E-state index contributed by atoms with van der Waals surface area (Å²) in [4.78, 5) is 25.3. The quantitative estimate of drug-likeness (QED) is 0.820. The first-order chi connectivity index (χ1) is 8.97. The van der Waals surface area contributed by atoms with Gasteiger partial charge < -0.3 is 15.3 Å². The molecular formula is C14H20N2O3.